The van der Waals surface area contributed by atoms with Gasteiger partial charge in [-0.3, -0.25) is 4.79 Å². The number of carbonyl (C=O) groups excluding carboxylic acids is 1. The molecule has 7 heteroatoms. The van der Waals surface area contributed by atoms with Crippen molar-refractivity contribution < 1.29 is 9.53 Å². The van der Waals surface area contributed by atoms with Gasteiger partial charge >= 0.3 is 6.01 Å². The molecule has 3 aromatic carbocycles. The molecule has 1 aromatic heterocycles. The minimum Gasteiger partial charge on any atom is -0.466 e. The van der Waals surface area contributed by atoms with Gasteiger partial charge in [0.25, 0.3) is 5.91 Å². The Balaban J connectivity index is 1.61. The molecular formula is C23H19ClN4O2. The van der Waals surface area contributed by atoms with Gasteiger partial charge in [0.15, 0.2) is 5.82 Å². The lowest BCUT2D eigenvalue weighted by Gasteiger charge is -2.09. The van der Waals surface area contributed by atoms with Gasteiger partial charge in [-0.05, 0) is 43.3 Å². The van der Waals surface area contributed by atoms with E-state index >= 15 is 0 Å². The Morgan fingerprint density at radius 3 is 2.37 bits per heavy atom. The topological polar surface area (TPSA) is 69.0 Å². The number of methoxy groups -OCH3 is 1. The maximum Gasteiger partial charge on any atom is 0.336 e. The van der Waals surface area contributed by atoms with Crippen molar-refractivity contribution in [1.29, 1.82) is 0 Å². The first-order chi connectivity index (χ1) is 14.5. The highest BCUT2D eigenvalue weighted by atomic mass is 35.5. The second kappa shape index (κ2) is 8.39. The van der Waals surface area contributed by atoms with E-state index in [1.807, 2.05) is 43.3 Å². The number of amides is 1. The summed E-state index contributed by atoms with van der Waals surface area (Å²) >= 11 is 6.10. The number of aromatic nitrogens is 3. The summed E-state index contributed by atoms with van der Waals surface area (Å²) in [4.78, 5) is 16.9. The van der Waals surface area contributed by atoms with Crippen LogP contribution < -0.4 is 10.1 Å². The standard InChI is InChI=1S/C23H19ClN4O2/c1-15-7-9-16(10-8-15)21-26-23(30-2)27-28(21)18-13-11-17(12-14-18)25-22(29)19-5-3-4-6-20(19)24/h3-14H,1-2H3,(H,25,29). The lowest BCUT2D eigenvalue weighted by atomic mass is 10.1. The second-order valence-electron chi connectivity index (χ2n) is 6.68. The normalized spacial score (nSPS) is 10.6. The van der Waals surface area contributed by atoms with Crippen LogP contribution in [0.1, 0.15) is 15.9 Å². The number of benzene rings is 3. The minimum absolute atomic E-state index is 0.267. The molecule has 1 N–H and O–H groups in total. The fraction of sp³-hybridized carbons (Fsp3) is 0.0870. The van der Waals surface area contributed by atoms with E-state index in [1.54, 1.807) is 41.1 Å². The van der Waals surface area contributed by atoms with E-state index in [9.17, 15) is 4.79 Å². The van der Waals surface area contributed by atoms with Crippen molar-refractivity contribution >= 4 is 23.2 Å². The Hall–Kier alpha value is -3.64. The Morgan fingerprint density at radius 1 is 1.00 bits per heavy atom. The first kappa shape index (κ1) is 19.7. The van der Waals surface area contributed by atoms with Crippen LogP contribution in [0, 0.1) is 6.92 Å². The Bertz CT molecular complexity index is 1180. The number of halogens is 1. The molecule has 150 valence electrons. The molecule has 0 saturated carbocycles. The smallest absolute Gasteiger partial charge is 0.336 e. The van der Waals surface area contributed by atoms with E-state index in [0.717, 1.165) is 16.8 Å². The molecule has 6 nitrogen and oxygen atoms in total. The van der Waals surface area contributed by atoms with Crippen molar-refractivity contribution in [2.45, 2.75) is 6.92 Å². The van der Waals surface area contributed by atoms with Gasteiger partial charge in [0, 0.05) is 11.3 Å². The molecule has 0 bridgehead atoms. The number of hydrogen-bond acceptors (Lipinski definition) is 4. The molecule has 30 heavy (non-hydrogen) atoms. The third kappa shape index (κ3) is 4.04. The van der Waals surface area contributed by atoms with E-state index in [2.05, 4.69) is 15.4 Å². The number of anilines is 1. The van der Waals surface area contributed by atoms with Gasteiger partial charge in [-0.1, -0.05) is 53.6 Å². The lowest BCUT2D eigenvalue weighted by Crippen LogP contribution is -2.12. The second-order valence-corrected chi connectivity index (χ2v) is 7.09. The molecule has 0 aliphatic carbocycles. The molecule has 0 radical (unpaired) electrons. The predicted octanol–water partition coefficient (Wildman–Crippen LogP) is 5.16. The van der Waals surface area contributed by atoms with Crippen molar-refractivity contribution in [2.75, 3.05) is 12.4 Å². The van der Waals surface area contributed by atoms with Crippen molar-refractivity contribution in [3.8, 4) is 23.1 Å². The summed E-state index contributed by atoms with van der Waals surface area (Å²) in [5.41, 5.74) is 3.94. The number of rotatable bonds is 5. The van der Waals surface area contributed by atoms with Crippen molar-refractivity contribution in [3.05, 3.63) is 88.9 Å². The summed E-state index contributed by atoms with van der Waals surface area (Å²) < 4.78 is 6.94. The van der Waals surface area contributed by atoms with E-state index in [1.165, 1.54) is 7.11 Å². The molecule has 0 spiro atoms. The fourth-order valence-corrected chi connectivity index (χ4v) is 3.20. The van der Waals surface area contributed by atoms with Crippen LogP contribution >= 0.6 is 11.6 Å². The lowest BCUT2D eigenvalue weighted by molar-refractivity contribution is 0.102. The predicted molar refractivity (Wildman–Crippen MR) is 117 cm³/mol. The van der Waals surface area contributed by atoms with Gasteiger partial charge in [-0.25, -0.2) is 4.68 Å². The number of aryl methyl sites for hydroxylation is 1. The minimum atomic E-state index is -0.267. The first-order valence-corrected chi connectivity index (χ1v) is 9.67. The van der Waals surface area contributed by atoms with Crippen LogP contribution in [0.5, 0.6) is 6.01 Å². The Labute approximate surface area is 179 Å². The molecule has 0 unspecified atom stereocenters. The summed E-state index contributed by atoms with van der Waals surface area (Å²) in [5.74, 6) is 0.399. The number of hydrogen-bond donors (Lipinski definition) is 1. The van der Waals surface area contributed by atoms with Gasteiger partial charge in [-0.15, -0.1) is 5.10 Å². The van der Waals surface area contributed by atoms with Crippen molar-refractivity contribution in [2.24, 2.45) is 0 Å². The Kier molecular flexibility index (Phi) is 5.50. The molecule has 1 amide bonds. The van der Waals surface area contributed by atoms with Crippen LogP contribution in [-0.2, 0) is 0 Å². The highest BCUT2D eigenvalue weighted by Crippen LogP contribution is 2.25. The third-order valence-corrected chi connectivity index (χ3v) is 4.90. The summed E-state index contributed by atoms with van der Waals surface area (Å²) in [5, 5.41) is 7.69. The quantitative estimate of drug-likeness (QED) is 0.486. The van der Waals surface area contributed by atoms with Crippen LogP contribution in [0.15, 0.2) is 72.8 Å². The zero-order valence-corrected chi connectivity index (χ0v) is 17.2. The summed E-state index contributed by atoms with van der Waals surface area (Å²) in [6.07, 6.45) is 0. The summed E-state index contributed by atoms with van der Waals surface area (Å²) in [7, 11) is 1.53. The zero-order valence-electron chi connectivity index (χ0n) is 16.5. The highest BCUT2D eigenvalue weighted by molar-refractivity contribution is 6.34. The van der Waals surface area contributed by atoms with Gasteiger partial charge in [0.05, 0.1) is 23.4 Å². The van der Waals surface area contributed by atoms with Gasteiger partial charge in [-0.2, -0.15) is 4.98 Å². The van der Waals surface area contributed by atoms with Crippen LogP contribution in [0.2, 0.25) is 5.02 Å². The third-order valence-electron chi connectivity index (χ3n) is 4.57. The molecule has 0 aliphatic rings. The van der Waals surface area contributed by atoms with Gasteiger partial charge in [0.2, 0.25) is 0 Å². The molecule has 4 rings (SSSR count). The van der Waals surface area contributed by atoms with Crippen molar-refractivity contribution in [3.63, 3.8) is 0 Å². The molecule has 0 aliphatic heterocycles. The van der Waals surface area contributed by atoms with Crippen LogP contribution in [-0.4, -0.2) is 27.8 Å². The van der Waals surface area contributed by atoms with Gasteiger partial charge in [0.1, 0.15) is 0 Å². The molecule has 0 fully saturated rings. The summed E-state index contributed by atoms with van der Waals surface area (Å²) in [6, 6.07) is 22.5. The largest absolute Gasteiger partial charge is 0.466 e. The van der Waals surface area contributed by atoms with Crippen molar-refractivity contribution in [1.82, 2.24) is 14.8 Å². The first-order valence-electron chi connectivity index (χ1n) is 9.29. The fourth-order valence-electron chi connectivity index (χ4n) is 2.98. The maximum atomic E-state index is 12.5. The average molecular weight is 419 g/mol. The highest BCUT2D eigenvalue weighted by Gasteiger charge is 2.15. The van der Waals surface area contributed by atoms with Crippen LogP contribution in [0.25, 0.3) is 17.1 Å². The van der Waals surface area contributed by atoms with E-state index in [4.69, 9.17) is 16.3 Å². The molecule has 0 atom stereocenters. The number of ether oxygens (including phenoxy) is 1. The number of nitrogens with zero attached hydrogens (tertiary/aromatic N) is 3. The van der Waals surface area contributed by atoms with E-state index < -0.39 is 0 Å². The molecular weight excluding hydrogens is 400 g/mol. The number of carbonyl (C=O) groups is 1. The maximum absolute atomic E-state index is 12.5. The van der Waals surface area contributed by atoms with Crippen LogP contribution in [0.3, 0.4) is 0 Å². The van der Waals surface area contributed by atoms with E-state index in [-0.39, 0.29) is 11.9 Å². The zero-order chi connectivity index (χ0) is 21.1. The SMILES string of the molecule is COc1nc(-c2ccc(C)cc2)n(-c2ccc(NC(=O)c3ccccc3Cl)cc2)n1. The average Bonchev–Trinajstić information content (AvgIpc) is 3.19. The monoisotopic (exact) mass is 418 g/mol. The molecule has 4 aromatic rings. The summed E-state index contributed by atoms with van der Waals surface area (Å²) in [6.45, 7) is 2.03. The molecule has 0 saturated heterocycles. The number of nitrogens with one attached hydrogen (secondary N) is 1. The van der Waals surface area contributed by atoms with Crippen LogP contribution in [0.4, 0.5) is 5.69 Å². The van der Waals surface area contributed by atoms with Gasteiger partial charge < -0.3 is 10.1 Å². The Morgan fingerprint density at radius 2 is 1.70 bits per heavy atom. The molecule has 1 heterocycles. The van der Waals surface area contributed by atoms with E-state index in [0.29, 0.717) is 22.1 Å².